The second kappa shape index (κ2) is 27.3. The average molecular weight is 1570 g/mol. The fourth-order valence-corrected chi connectivity index (χ4v) is 29.9. The molecule has 0 saturated heterocycles. The number of amidine groups is 4. The van der Waals surface area contributed by atoms with E-state index < -0.39 is 16.7 Å². The quantitative estimate of drug-likeness (QED) is 0.0885. The Morgan fingerprint density at radius 3 is 0.657 bits per heavy atom. The molecule has 2 aromatic heterocycles. The maximum atomic E-state index is 9.21. The summed E-state index contributed by atoms with van der Waals surface area (Å²) in [5.74, 6) is 2.93. The number of halogens is 2. The van der Waals surface area contributed by atoms with Gasteiger partial charge in [0, 0.05) is 0 Å². The van der Waals surface area contributed by atoms with Crippen LogP contribution in [0, 0.1) is 0 Å². The number of nitrogens with zero attached hydrogens (tertiary/aromatic N) is 8. The van der Waals surface area contributed by atoms with Crippen LogP contribution in [0.2, 0.25) is 0 Å². The molecule has 18 rings (SSSR count). The van der Waals surface area contributed by atoms with Crippen molar-refractivity contribution in [2.75, 3.05) is 0 Å². The van der Waals surface area contributed by atoms with E-state index in [1.165, 1.54) is 0 Å². The summed E-state index contributed by atoms with van der Waals surface area (Å²) in [6.07, 6.45) is 0. The minimum atomic E-state index is -5.93. The Labute approximate surface area is 616 Å². The summed E-state index contributed by atoms with van der Waals surface area (Å²) in [5.41, 5.74) is 4.42. The molecule has 19 heteroatoms. The molecule has 0 fully saturated rings. The Bertz CT molecular complexity index is 5470. The van der Waals surface area contributed by atoms with Gasteiger partial charge in [-0.05, 0) is 0 Å². The van der Waals surface area contributed by atoms with Crippen LogP contribution in [0.1, 0.15) is 22.3 Å². The first kappa shape index (κ1) is 63.4. The van der Waals surface area contributed by atoms with Gasteiger partial charge < -0.3 is 0 Å². The van der Waals surface area contributed by atoms with Crippen LogP contribution in [0.4, 0.5) is 11.6 Å². The third kappa shape index (κ3) is 12.2. The normalized spacial score (nSPS) is 13.8. The monoisotopic (exact) mass is 1570 g/mol. The Morgan fingerprint density at radius 1 is 0.212 bits per heavy atom. The summed E-state index contributed by atoms with van der Waals surface area (Å²) < 4.78 is 4.27. The topological polar surface area (TPSA) is 84.0 Å². The van der Waals surface area contributed by atoms with Gasteiger partial charge >= 0.3 is 623 Å². The maximum absolute atomic E-state index is 9.21. The van der Waals surface area contributed by atoms with Gasteiger partial charge in [0.15, 0.2) is 0 Å². The van der Waals surface area contributed by atoms with Crippen LogP contribution < -0.4 is 11.0 Å². The first-order chi connectivity index (χ1) is 48.8. The summed E-state index contributed by atoms with van der Waals surface area (Å²) in [7, 11) is 18.4. The van der Waals surface area contributed by atoms with Gasteiger partial charge in [0.1, 0.15) is 0 Å². The number of aromatic nitrogens is 2. The molecule has 0 spiro atoms. The van der Waals surface area contributed by atoms with Crippen molar-refractivity contribution in [2.24, 2.45) is 30.0 Å². The summed E-state index contributed by atoms with van der Waals surface area (Å²) in [4.78, 5) is 52.1. The fourth-order valence-electron chi connectivity index (χ4n) is 12.5. The zero-order valence-electron chi connectivity index (χ0n) is 51.8. The third-order valence-electron chi connectivity index (χ3n) is 16.7. The molecule has 4 aliphatic heterocycles. The van der Waals surface area contributed by atoms with Crippen LogP contribution >= 0.6 is 112 Å². The summed E-state index contributed by atoms with van der Waals surface area (Å²) >= 11 is 7.46. The van der Waals surface area contributed by atoms with Crippen molar-refractivity contribution in [3.05, 3.63) is 324 Å². The van der Waals surface area contributed by atoms with Gasteiger partial charge in [0.2, 0.25) is 0 Å². The summed E-state index contributed by atoms with van der Waals surface area (Å²) in [5, 5.41) is 3.28. The molecule has 0 N–H and O–H groups in total. The van der Waals surface area contributed by atoms with Crippen molar-refractivity contribution in [1.82, 2.24) is 5.58 Å². The van der Waals surface area contributed by atoms with Crippen molar-refractivity contribution < 1.29 is 0 Å². The standard InChI is InChI=1S/C80H48N8S8.2ClH.Sn/c1-9-25-49(26-10-1)89-57-41-42-58(90-50-27-11-2-12-28-50)66-65(57)73-81-74(66)86-76-69-61(93-53-33-17-5-18-34-53)45-46-62(94-54-35-19-6-20-36-54)70(69)78(83-76)88-80-72-64(96-56-39-23-8-24-40-56)48-47-63(95-55-37-21-7-22-38-55)71(72)79(84-80)87-77-68-60(92-52-31-15-4-16-32-52)44-43-59(67(68)75(82-77)85-73)91-51-29-13-3-14-30-51;;;/h1-48H;2*1H;/q-2;;;+4/p-2. The summed E-state index contributed by atoms with van der Waals surface area (Å²) in [6, 6.07) is 102. The molecule has 12 aromatic carbocycles. The van der Waals surface area contributed by atoms with E-state index in [0.717, 1.165) is 122 Å². The molecule has 0 aliphatic carbocycles. The Kier molecular flexibility index (Phi) is 17.5. The first-order valence-corrected chi connectivity index (χ1v) is 47.9. The Hall–Kier alpha value is -7.82. The van der Waals surface area contributed by atoms with E-state index in [1.54, 1.807) is 94.1 Å². The molecular formula is C80H48Cl2N8S8Sn. The van der Waals surface area contributed by atoms with Crippen molar-refractivity contribution in [3.8, 4) is 0 Å². The van der Waals surface area contributed by atoms with E-state index in [0.29, 0.717) is 46.0 Å². The summed E-state index contributed by atoms with van der Waals surface area (Å²) in [6.45, 7) is 0. The predicted octanol–water partition coefficient (Wildman–Crippen LogP) is 23.1. The molecule has 0 atom stereocenters. The van der Waals surface area contributed by atoms with Gasteiger partial charge in [0.05, 0.1) is 0 Å². The van der Waals surface area contributed by atoms with E-state index >= 15 is 0 Å². The molecule has 0 amide bonds. The SMILES string of the molecule is [Cl][Sn]1([Cl])[n]2c3c4c(Sc5ccccc5)ccc(Sc5ccccc5)c4c2N=C2N=C(N=c4c5c(Sc6ccccc6)ccc(Sc6ccccc6)c5c([n]41)=NC1=NC(=N3)c3c(Sc4ccccc4)ccc(Sc4ccccc4)c31)c1c(Sc3ccccc3)ccc(Sc3ccccc3)c12. The van der Waals surface area contributed by atoms with Crippen LogP contribution in [-0.4, -0.2) is 45.6 Å². The van der Waals surface area contributed by atoms with Gasteiger partial charge in [0.25, 0.3) is 0 Å². The molecule has 4 aliphatic rings. The van der Waals surface area contributed by atoms with Gasteiger partial charge in [-0.15, -0.1) is 0 Å². The zero-order valence-corrected chi connectivity index (χ0v) is 62.7. The second-order valence-corrected chi connectivity index (χ2v) is 45.8. The Morgan fingerprint density at radius 2 is 0.414 bits per heavy atom. The van der Waals surface area contributed by atoms with Crippen molar-refractivity contribution in [1.29, 1.82) is 0 Å². The van der Waals surface area contributed by atoms with Crippen LogP contribution in [-0.2, 0) is 0 Å². The van der Waals surface area contributed by atoms with Gasteiger partial charge in [-0.2, -0.15) is 0 Å². The van der Waals surface area contributed by atoms with Crippen LogP contribution in [0.15, 0.2) is 399 Å². The second-order valence-electron chi connectivity index (χ2n) is 23.0. The average Bonchev–Trinajstić information content (AvgIpc) is 1.53. The number of rotatable bonds is 16. The molecule has 6 heterocycles. The van der Waals surface area contributed by atoms with E-state index in [4.69, 9.17) is 30.0 Å². The Balaban J connectivity index is 1.06. The molecular weight excluding hydrogens is 1520 g/mol. The number of benzene rings is 12. The molecule has 0 saturated carbocycles. The van der Waals surface area contributed by atoms with Crippen molar-refractivity contribution in [2.45, 2.75) is 78.3 Å². The van der Waals surface area contributed by atoms with Gasteiger partial charge in [-0.3, -0.25) is 0 Å². The van der Waals surface area contributed by atoms with Gasteiger partial charge in [-0.1, -0.05) is 0 Å². The predicted molar refractivity (Wildman–Crippen MR) is 417 cm³/mol. The molecule has 6 bridgehead atoms. The number of aliphatic imine (C=N–C) groups is 4. The minimum absolute atomic E-state index is 0.473. The number of hydrogen-bond acceptors (Lipinski definition) is 14. The molecule has 474 valence electrons. The van der Waals surface area contributed by atoms with Crippen LogP contribution in [0.5, 0.6) is 0 Å². The molecule has 14 aromatic rings. The molecule has 0 radical (unpaired) electrons. The number of fused-ring (bicyclic) bond motifs is 14. The van der Waals surface area contributed by atoms with Crippen LogP contribution in [0.3, 0.4) is 0 Å². The fraction of sp³-hybridized carbons (Fsp3) is 0. The van der Waals surface area contributed by atoms with E-state index in [2.05, 4.69) is 297 Å². The van der Waals surface area contributed by atoms with E-state index in [9.17, 15) is 17.8 Å². The molecule has 0 unspecified atom stereocenters. The number of hydrogen-bond donors (Lipinski definition) is 0. The van der Waals surface area contributed by atoms with Gasteiger partial charge in [-0.25, -0.2) is 0 Å². The first-order valence-electron chi connectivity index (χ1n) is 31.6. The van der Waals surface area contributed by atoms with Crippen molar-refractivity contribution in [3.63, 3.8) is 0 Å². The third-order valence-corrected chi connectivity index (χ3v) is 35.3. The molecule has 8 nitrogen and oxygen atoms in total. The van der Waals surface area contributed by atoms with E-state index in [-0.39, 0.29) is 0 Å². The van der Waals surface area contributed by atoms with Crippen molar-refractivity contribution >= 4 is 185 Å². The van der Waals surface area contributed by atoms with E-state index in [1.807, 2.05) is 0 Å². The van der Waals surface area contributed by atoms with Crippen LogP contribution in [0.25, 0.3) is 21.5 Å². The molecule has 99 heavy (non-hydrogen) atoms. The zero-order chi connectivity index (χ0) is 66.0.